The van der Waals surface area contributed by atoms with Gasteiger partial charge in [0.25, 0.3) is 0 Å². The molecule has 0 aromatic carbocycles. The van der Waals surface area contributed by atoms with Crippen molar-refractivity contribution in [2.45, 2.75) is 26.2 Å². The third kappa shape index (κ3) is 4.62. The fourth-order valence-corrected chi connectivity index (χ4v) is 1.76. The van der Waals surface area contributed by atoms with E-state index in [1.807, 2.05) is 0 Å². The number of carbonyl (C=O) groups excluding carboxylic acids is 1. The van der Waals surface area contributed by atoms with Gasteiger partial charge in [-0.15, -0.1) is 0 Å². The van der Waals surface area contributed by atoms with E-state index in [1.54, 1.807) is 7.05 Å². The molecule has 2 N–H and O–H groups in total. The third-order valence-corrected chi connectivity index (χ3v) is 3.06. The quantitative estimate of drug-likeness (QED) is 0.656. The Balaban J connectivity index is 2.10. The Labute approximate surface area is 91.8 Å². The van der Waals surface area contributed by atoms with Crippen LogP contribution in [0.15, 0.2) is 0 Å². The van der Waals surface area contributed by atoms with Crippen LogP contribution in [0.5, 0.6) is 0 Å². The summed E-state index contributed by atoms with van der Waals surface area (Å²) in [5, 5.41) is 5.96. The van der Waals surface area contributed by atoms with Gasteiger partial charge in [-0.2, -0.15) is 0 Å². The van der Waals surface area contributed by atoms with Crippen LogP contribution in [-0.2, 0) is 9.53 Å². The van der Waals surface area contributed by atoms with E-state index < -0.39 is 0 Å². The summed E-state index contributed by atoms with van der Waals surface area (Å²) in [5.74, 6) is 0.0969. The van der Waals surface area contributed by atoms with Gasteiger partial charge in [0, 0.05) is 39.8 Å². The molecule has 0 aromatic rings. The topological polar surface area (TPSA) is 50.4 Å². The SMILES string of the molecule is CNC(=O)CCNCC1(C)CCOCC1. The third-order valence-electron chi connectivity index (χ3n) is 3.06. The van der Waals surface area contributed by atoms with Crippen LogP contribution in [0.3, 0.4) is 0 Å². The Bertz CT molecular complexity index is 201. The first-order valence-electron chi connectivity index (χ1n) is 5.65. The first-order chi connectivity index (χ1) is 7.16. The molecule has 0 radical (unpaired) electrons. The first-order valence-corrected chi connectivity index (χ1v) is 5.65. The highest BCUT2D eigenvalue weighted by Crippen LogP contribution is 2.28. The lowest BCUT2D eigenvalue weighted by molar-refractivity contribution is -0.120. The number of ether oxygens (including phenoxy) is 1. The number of carbonyl (C=O) groups is 1. The maximum absolute atomic E-state index is 11.0. The Morgan fingerprint density at radius 3 is 2.67 bits per heavy atom. The van der Waals surface area contributed by atoms with Gasteiger partial charge in [0.2, 0.25) is 5.91 Å². The molecule has 0 aliphatic carbocycles. The second-order valence-electron chi connectivity index (χ2n) is 4.52. The smallest absolute Gasteiger partial charge is 0.221 e. The Kier molecular flexibility index (Phi) is 5.05. The van der Waals surface area contributed by atoms with E-state index in [1.165, 1.54) is 0 Å². The molecule has 4 nitrogen and oxygen atoms in total. The molecule has 88 valence electrons. The minimum atomic E-state index is 0.0969. The minimum absolute atomic E-state index is 0.0969. The molecule has 15 heavy (non-hydrogen) atoms. The van der Waals surface area contributed by atoms with Crippen LogP contribution in [0.2, 0.25) is 0 Å². The van der Waals surface area contributed by atoms with E-state index in [0.717, 1.165) is 39.1 Å². The van der Waals surface area contributed by atoms with Crippen molar-refractivity contribution in [1.29, 1.82) is 0 Å². The molecule has 0 atom stereocenters. The molecule has 1 heterocycles. The summed E-state index contributed by atoms with van der Waals surface area (Å²) in [5.41, 5.74) is 0.348. The molecule has 1 fully saturated rings. The Morgan fingerprint density at radius 1 is 1.40 bits per heavy atom. The molecule has 0 unspecified atom stereocenters. The molecule has 0 saturated carbocycles. The number of rotatable bonds is 5. The van der Waals surface area contributed by atoms with Crippen molar-refractivity contribution in [3.63, 3.8) is 0 Å². The van der Waals surface area contributed by atoms with Crippen LogP contribution >= 0.6 is 0 Å². The van der Waals surface area contributed by atoms with Crippen molar-refractivity contribution in [2.24, 2.45) is 5.41 Å². The van der Waals surface area contributed by atoms with Crippen molar-refractivity contribution in [2.75, 3.05) is 33.4 Å². The maximum atomic E-state index is 11.0. The molecule has 1 aliphatic rings. The summed E-state index contributed by atoms with van der Waals surface area (Å²) in [6.07, 6.45) is 2.78. The first kappa shape index (κ1) is 12.5. The van der Waals surface area contributed by atoms with Gasteiger partial charge in [-0.1, -0.05) is 6.92 Å². The van der Waals surface area contributed by atoms with E-state index in [0.29, 0.717) is 11.8 Å². The van der Waals surface area contributed by atoms with Gasteiger partial charge in [0.05, 0.1) is 0 Å². The average Bonchev–Trinajstić information content (AvgIpc) is 2.25. The van der Waals surface area contributed by atoms with Crippen molar-refractivity contribution in [3.05, 3.63) is 0 Å². The molecule has 1 saturated heterocycles. The standard InChI is InChI=1S/C11H22N2O2/c1-11(4-7-15-8-5-11)9-13-6-3-10(14)12-2/h13H,3-9H2,1-2H3,(H,12,14). The lowest BCUT2D eigenvalue weighted by Crippen LogP contribution is -2.38. The van der Waals surface area contributed by atoms with E-state index in [2.05, 4.69) is 17.6 Å². The number of hydrogen-bond donors (Lipinski definition) is 2. The average molecular weight is 214 g/mol. The van der Waals surface area contributed by atoms with Gasteiger partial charge in [-0.3, -0.25) is 4.79 Å². The summed E-state index contributed by atoms with van der Waals surface area (Å²) >= 11 is 0. The molecular weight excluding hydrogens is 192 g/mol. The Morgan fingerprint density at radius 2 is 2.07 bits per heavy atom. The van der Waals surface area contributed by atoms with Crippen molar-refractivity contribution >= 4 is 5.91 Å². The summed E-state index contributed by atoms with van der Waals surface area (Å²) in [4.78, 5) is 11.0. The molecule has 4 heteroatoms. The van der Waals surface area contributed by atoms with Crippen LogP contribution in [0, 0.1) is 5.41 Å². The number of hydrogen-bond acceptors (Lipinski definition) is 3. The largest absolute Gasteiger partial charge is 0.381 e. The van der Waals surface area contributed by atoms with Gasteiger partial charge in [-0.25, -0.2) is 0 Å². The second kappa shape index (κ2) is 6.08. The summed E-state index contributed by atoms with van der Waals surface area (Å²) in [6, 6.07) is 0. The maximum Gasteiger partial charge on any atom is 0.221 e. The number of amides is 1. The van der Waals surface area contributed by atoms with Crippen molar-refractivity contribution < 1.29 is 9.53 Å². The molecular formula is C11H22N2O2. The van der Waals surface area contributed by atoms with E-state index in [-0.39, 0.29) is 5.91 Å². The predicted molar refractivity (Wildman–Crippen MR) is 59.7 cm³/mol. The summed E-state index contributed by atoms with van der Waals surface area (Å²) in [6.45, 7) is 5.76. The number of nitrogens with one attached hydrogen (secondary N) is 2. The molecule has 1 aliphatic heterocycles. The molecule has 1 rings (SSSR count). The highest BCUT2D eigenvalue weighted by atomic mass is 16.5. The van der Waals surface area contributed by atoms with Gasteiger partial charge in [0.15, 0.2) is 0 Å². The highest BCUT2D eigenvalue weighted by molar-refractivity contribution is 5.75. The van der Waals surface area contributed by atoms with Crippen LogP contribution in [0.1, 0.15) is 26.2 Å². The lowest BCUT2D eigenvalue weighted by atomic mass is 9.82. The van der Waals surface area contributed by atoms with Gasteiger partial charge < -0.3 is 15.4 Å². The minimum Gasteiger partial charge on any atom is -0.381 e. The fourth-order valence-electron chi connectivity index (χ4n) is 1.76. The van der Waals surface area contributed by atoms with Crippen LogP contribution in [-0.4, -0.2) is 39.3 Å². The summed E-state index contributed by atoms with van der Waals surface area (Å²) in [7, 11) is 1.67. The van der Waals surface area contributed by atoms with E-state index in [4.69, 9.17) is 4.74 Å². The van der Waals surface area contributed by atoms with Gasteiger partial charge in [-0.05, 0) is 18.3 Å². The highest BCUT2D eigenvalue weighted by Gasteiger charge is 2.26. The Hall–Kier alpha value is -0.610. The zero-order valence-corrected chi connectivity index (χ0v) is 9.77. The van der Waals surface area contributed by atoms with Crippen molar-refractivity contribution in [3.8, 4) is 0 Å². The zero-order valence-electron chi connectivity index (χ0n) is 9.77. The predicted octanol–water partition coefficient (Wildman–Crippen LogP) is 0.529. The van der Waals surface area contributed by atoms with Gasteiger partial charge in [0.1, 0.15) is 0 Å². The lowest BCUT2D eigenvalue weighted by Gasteiger charge is -2.33. The molecule has 0 spiro atoms. The summed E-state index contributed by atoms with van der Waals surface area (Å²) < 4.78 is 5.33. The molecule has 0 aromatic heterocycles. The zero-order chi connectivity index (χ0) is 11.1. The fraction of sp³-hybridized carbons (Fsp3) is 0.909. The van der Waals surface area contributed by atoms with Crippen molar-refractivity contribution in [1.82, 2.24) is 10.6 Å². The van der Waals surface area contributed by atoms with E-state index in [9.17, 15) is 4.79 Å². The second-order valence-corrected chi connectivity index (χ2v) is 4.52. The normalized spacial score (nSPS) is 19.9. The van der Waals surface area contributed by atoms with Gasteiger partial charge >= 0.3 is 0 Å². The van der Waals surface area contributed by atoms with Crippen LogP contribution < -0.4 is 10.6 Å². The van der Waals surface area contributed by atoms with Crippen LogP contribution in [0.4, 0.5) is 0 Å². The van der Waals surface area contributed by atoms with E-state index >= 15 is 0 Å². The van der Waals surface area contributed by atoms with Crippen LogP contribution in [0.25, 0.3) is 0 Å². The molecule has 0 bridgehead atoms. The monoisotopic (exact) mass is 214 g/mol. The molecule has 1 amide bonds.